The van der Waals surface area contributed by atoms with E-state index in [1.54, 1.807) is 0 Å². The van der Waals surface area contributed by atoms with Crippen LogP contribution in [0.3, 0.4) is 0 Å². The molecule has 0 aromatic rings. The van der Waals surface area contributed by atoms with Crippen LogP contribution in [0.15, 0.2) is 0 Å². The number of hydrogen-bond donors (Lipinski definition) is 1. The Hall–Kier alpha value is 0.270. The van der Waals surface area contributed by atoms with Crippen LogP contribution < -0.4 is 5.73 Å². The molecule has 0 bridgehead atoms. The van der Waals surface area contributed by atoms with Gasteiger partial charge in [-0.15, -0.1) is 0 Å². The second kappa shape index (κ2) is 3.99. The monoisotopic (exact) mass is 188 g/mol. The number of nitrogens with two attached hydrogens (primary N) is 1. The highest BCUT2D eigenvalue weighted by atomic mass is 32.2. The lowest BCUT2D eigenvalue weighted by Crippen LogP contribution is -2.50. The van der Waals surface area contributed by atoms with Crippen LogP contribution in [-0.2, 0) is 0 Å². The average molecular weight is 188 g/mol. The van der Waals surface area contributed by atoms with Crippen LogP contribution in [0.2, 0.25) is 0 Å². The minimum atomic E-state index is 0.314. The molecular formula is C9H20N2S. The molecule has 2 nitrogen and oxygen atoms in total. The summed E-state index contributed by atoms with van der Waals surface area (Å²) in [5, 5.41) is 0.651. The van der Waals surface area contributed by atoms with Gasteiger partial charge in [0.2, 0.25) is 0 Å². The van der Waals surface area contributed by atoms with Gasteiger partial charge in [-0.05, 0) is 20.8 Å². The molecule has 1 unspecified atom stereocenters. The fraction of sp³-hybridized carbons (Fsp3) is 1.00. The summed E-state index contributed by atoms with van der Waals surface area (Å²) in [6.07, 6.45) is 0. The third-order valence-electron chi connectivity index (χ3n) is 2.35. The Kier molecular flexibility index (Phi) is 3.44. The standard InChI is InChI=1S/C9H20N2S/c1-9(2,3)11-4-5-12-8(6-10)7-11/h8H,4-7,10H2,1-3H3. The summed E-state index contributed by atoms with van der Waals surface area (Å²) in [4.78, 5) is 2.53. The second-order valence-electron chi connectivity index (χ2n) is 4.35. The first-order valence-corrected chi connectivity index (χ1v) is 5.65. The van der Waals surface area contributed by atoms with E-state index in [1.807, 2.05) is 11.8 Å². The lowest BCUT2D eigenvalue weighted by molar-refractivity contribution is 0.143. The fourth-order valence-electron chi connectivity index (χ4n) is 1.47. The maximum Gasteiger partial charge on any atom is 0.0298 e. The summed E-state index contributed by atoms with van der Waals surface area (Å²) in [6, 6.07) is 0. The second-order valence-corrected chi connectivity index (χ2v) is 5.75. The Bertz CT molecular complexity index is 142. The zero-order chi connectivity index (χ0) is 9.19. The van der Waals surface area contributed by atoms with Gasteiger partial charge in [-0.1, -0.05) is 0 Å². The van der Waals surface area contributed by atoms with Crippen molar-refractivity contribution < 1.29 is 0 Å². The van der Waals surface area contributed by atoms with Crippen LogP contribution >= 0.6 is 11.8 Å². The fourth-order valence-corrected chi connectivity index (χ4v) is 2.55. The summed E-state index contributed by atoms with van der Waals surface area (Å²) in [7, 11) is 0. The quantitative estimate of drug-likeness (QED) is 0.669. The smallest absolute Gasteiger partial charge is 0.0298 e. The normalized spacial score (nSPS) is 27.5. The van der Waals surface area contributed by atoms with Crippen molar-refractivity contribution in [2.24, 2.45) is 5.73 Å². The first kappa shape index (κ1) is 10.4. The number of nitrogens with zero attached hydrogens (tertiary/aromatic N) is 1. The molecule has 72 valence electrons. The Morgan fingerprint density at radius 1 is 1.50 bits per heavy atom. The topological polar surface area (TPSA) is 29.3 Å². The molecule has 1 fully saturated rings. The van der Waals surface area contributed by atoms with Gasteiger partial charge in [-0.2, -0.15) is 11.8 Å². The first-order chi connectivity index (χ1) is 5.54. The van der Waals surface area contributed by atoms with Crippen LogP contribution in [0, 0.1) is 0 Å². The zero-order valence-corrected chi connectivity index (χ0v) is 9.16. The lowest BCUT2D eigenvalue weighted by atomic mass is 10.1. The molecule has 0 radical (unpaired) electrons. The summed E-state index contributed by atoms with van der Waals surface area (Å²) in [5.41, 5.74) is 5.98. The molecule has 0 saturated carbocycles. The summed E-state index contributed by atoms with van der Waals surface area (Å²) in [6.45, 7) is 10.0. The molecule has 3 heteroatoms. The van der Waals surface area contributed by atoms with Crippen molar-refractivity contribution >= 4 is 11.8 Å². The Balaban J connectivity index is 2.46. The molecule has 0 aliphatic carbocycles. The Morgan fingerprint density at radius 3 is 2.67 bits per heavy atom. The predicted octanol–water partition coefficient (Wildman–Crippen LogP) is 1.16. The van der Waals surface area contributed by atoms with Gasteiger partial charge in [0.15, 0.2) is 0 Å². The third-order valence-corrected chi connectivity index (χ3v) is 3.58. The summed E-state index contributed by atoms with van der Waals surface area (Å²) < 4.78 is 0. The van der Waals surface area contributed by atoms with Crippen LogP contribution in [0.4, 0.5) is 0 Å². The van der Waals surface area contributed by atoms with Crippen molar-refractivity contribution in [3.63, 3.8) is 0 Å². The zero-order valence-electron chi connectivity index (χ0n) is 8.34. The Labute approximate surface area is 79.9 Å². The van der Waals surface area contributed by atoms with E-state index in [-0.39, 0.29) is 0 Å². The van der Waals surface area contributed by atoms with Crippen LogP contribution in [0.1, 0.15) is 20.8 Å². The molecule has 1 aliphatic heterocycles. The molecule has 0 spiro atoms. The highest BCUT2D eigenvalue weighted by molar-refractivity contribution is 8.00. The van der Waals surface area contributed by atoms with Gasteiger partial charge >= 0.3 is 0 Å². The number of thioether (sulfide) groups is 1. The van der Waals surface area contributed by atoms with Gasteiger partial charge in [-0.25, -0.2) is 0 Å². The minimum Gasteiger partial charge on any atom is -0.329 e. The van der Waals surface area contributed by atoms with Crippen molar-refractivity contribution in [1.29, 1.82) is 0 Å². The van der Waals surface area contributed by atoms with E-state index in [1.165, 1.54) is 12.3 Å². The lowest BCUT2D eigenvalue weighted by Gasteiger charge is -2.41. The highest BCUT2D eigenvalue weighted by Gasteiger charge is 2.27. The van der Waals surface area contributed by atoms with Crippen LogP contribution in [0.25, 0.3) is 0 Å². The highest BCUT2D eigenvalue weighted by Crippen LogP contribution is 2.23. The Morgan fingerprint density at radius 2 is 2.17 bits per heavy atom. The molecule has 1 rings (SSSR count). The molecule has 0 aromatic carbocycles. The number of rotatable bonds is 1. The van der Waals surface area contributed by atoms with Gasteiger partial charge in [-0.3, -0.25) is 4.90 Å². The molecule has 1 heterocycles. The van der Waals surface area contributed by atoms with E-state index in [4.69, 9.17) is 5.73 Å². The molecular weight excluding hydrogens is 168 g/mol. The molecule has 1 saturated heterocycles. The number of hydrogen-bond acceptors (Lipinski definition) is 3. The van der Waals surface area contributed by atoms with Crippen molar-refractivity contribution in [2.75, 3.05) is 25.4 Å². The van der Waals surface area contributed by atoms with Gasteiger partial charge < -0.3 is 5.73 Å². The molecule has 0 aromatic heterocycles. The van der Waals surface area contributed by atoms with E-state index in [0.29, 0.717) is 10.8 Å². The molecule has 1 atom stereocenters. The third kappa shape index (κ3) is 2.64. The summed E-state index contributed by atoms with van der Waals surface area (Å²) >= 11 is 2.02. The SMILES string of the molecule is CC(C)(C)N1CCSC(CN)C1. The van der Waals surface area contributed by atoms with Crippen molar-refractivity contribution in [1.82, 2.24) is 4.90 Å². The van der Waals surface area contributed by atoms with Crippen molar-refractivity contribution in [3.8, 4) is 0 Å². The molecule has 1 aliphatic rings. The maximum absolute atomic E-state index is 5.66. The van der Waals surface area contributed by atoms with Crippen molar-refractivity contribution in [2.45, 2.75) is 31.6 Å². The van der Waals surface area contributed by atoms with Gasteiger partial charge in [0.1, 0.15) is 0 Å². The van der Waals surface area contributed by atoms with E-state index in [2.05, 4.69) is 25.7 Å². The minimum absolute atomic E-state index is 0.314. The van der Waals surface area contributed by atoms with Gasteiger partial charge in [0.25, 0.3) is 0 Å². The molecule has 2 N–H and O–H groups in total. The van der Waals surface area contributed by atoms with Crippen LogP contribution in [-0.4, -0.2) is 41.1 Å². The molecule has 0 amide bonds. The maximum atomic E-state index is 5.66. The summed E-state index contributed by atoms with van der Waals surface area (Å²) in [5.74, 6) is 1.24. The largest absolute Gasteiger partial charge is 0.329 e. The van der Waals surface area contributed by atoms with Crippen molar-refractivity contribution in [3.05, 3.63) is 0 Å². The van der Waals surface area contributed by atoms with Gasteiger partial charge in [0.05, 0.1) is 0 Å². The van der Waals surface area contributed by atoms with Crippen LogP contribution in [0.5, 0.6) is 0 Å². The van der Waals surface area contributed by atoms with E-state index >= 15 is 0 Å². The van der Waals surface area contributed by atoms with E-state index in [0.717, 1.165) is 13.1 Å². The van der Waals surface area contributed by atoms with E-state index < -0.39 is 0 Å². The average Bonchev–Trinajstić information content (AvgIpc) is 2.03. The molecule has 12 heavy (non-hydrogen) atoms. The van der Waals surface area contributed by atoms with Gasteiger partial charge in [0, 0.05) is 36.2 Å². The predicted molar refractivity (Wildman–Crippen MR) is 56.6 cm³/mol. The van der Waals surface area contributed by atoms with E-state index in [9.17, 15) is 0 Å². The first-order valence-electron chi connectivity index (χ1n) is 4.61.